The van der Waals surface area contributed by atoms with E-state index in [2.05, 4.69) is 28.6 Å². The minimum atomic E-state index is 0.0536. The molecule has 1 amide bonds. The van der Waals surface area contributed by atoms with Gasteiger partial charge < -0.3 is 9.64 Å². The molecule has 1 aliphatic heterocycles. The zero-order chi connectivity index (χ0) is 23.0. The summed E-state index contributed by atoms with van der Waals surface area (Å²) < 4.78 is 7.57. The average Bonchev–Trinajstić information content (AvgIpc) is 3.20. The predicted molar refractivity (Wildman–Crippen MR) is 131 cm³/mol. The summed E-state index contributed by atoms with van der Waals surface area (Å²) in [5.41, 5.74) is 4.36. The molecule has 0 N–H and O–H groups in total. The number of carbonyl (C=O) groups excluding carboxylic acids is 1. The second kappa shape index (κ2) is 11.8. The fourth-order valence-corrected chi connectivity index (χ4v) is 5.28. The van der Waals surface area contributed by atoms with Crippen LogP contribution in [0, 0.1) is 5.92 Å². The molecular weight excluding hydrogens is 412 g/mol. The Labute approximate surface area is 198 Å². The molecule has 0 bridgehead atoms. The Balaban J connectivity index is 1.38. The van der Waals surface area contributed by atoms with Crippen molar-refractivity contribution < 1.29 is 9.53 Å². The van der Waals surface area contributed by atoms with Crippen LogP contribution in [-0.4, -0.2) is 65.4 Å². The molecule has 1 aromatic heterocycles. The van der Waals surface area contributed by atoms with Crippen LogP contribution in [0.2, 0.25) is 0 Å². The van der Waals surface area contributed by atoms with Gasteiger partial charge in [-0.05, 0) is 50.1 Å². The first-order valence-corrected chi connectivity index (χ1v) is 12.8. The van der Waals surface area contributed by atoms with E-state index < -0.39 is 0 Å². The van der Waals surface area contributed by atoms with E-state index in [4.69, 9.17) is 9.84 Å². The van der Waals surface area contributed by atoms with Gasteiger partial charge in [0, 0.05) is 44.5 Å². The van der Waals surface area contributed by atoms with Crippen LogP contribution in [0.1, 0.15) is 66.3 Å². The molecule has 0 saturated carbocycles. The van der Waals surface area contributed by atoms with Gasteiger partial charge in [0.15, 0.2) is 5.69 Å². The van der Waals surface area contributed by atoms with Crippen LogP contribution in [0.15, 0.2) is 30.3 Å². The summed E-state index contributed by atoms with van der Waals surface area (Å²) in [6.07, 6.45) is 8.06. The van der Waals surface area contributed by atoms with Crippen molar-refractivity contribution in [3.63, 3.8) is 0 Å². The van der Waals surface area contributed by atoms with Crippen molar-refractivity contribution in [1.29, 1.82) is 0 Å². The Hall–Kier alpha value is -2.18. The number of nitrogens with zero attached hydrogens (tertiary/aromatic N) is 4. The van der Waals surface area contributed by atoms with Gasteiger partial charge in [-0.1, -0.05) is 50.1 Å². The fraction of sp³-hybridized carbons (Fsp3) is 0.630. The summed E-state index contributed by atoms with van der Waals surface area (Å²) in [6.45, 7) is 8.77. The molecule has 2 heterocycles. The first kappa shape index (κ1) is 24.0. The zero-order valence-electron chi connectivity index (χ0n) is 20.5. The van der Waals surface area contributed by atoms with Gasteiger partial charge in [0.1, 0.15) is 0 Å². The minimum Gasteiger partial charge on any atom is -0.379 e. The van der Waals surface area contributed by atoms with Crippen molar-refractivity contribution in [3.05, 3.63) is 52.8 Å². The van der Waals surface area contributed by atoms with E-state index in [1.165, 1.54) is 43.5 Å². The number of hydrogen-bond donors (Lipinski definition) is 0. The van der Waals surface area contributed by atoms with E-state index >= 15 is 0 Å². The molecule has 6 heteroatoms. The van der Waals surface area contributed by atoms with Crippen LogP contribution in [0.25, 0.3) is 0 Å². The van der Waals surface area contributed by atoms with E-state index in [0.717, 1.165) is 57.7 Å². The van der Waals surface area contributed by atoms with Gasteiger partial charge in [0.05, 0.1) is 13.2 Å². The predicted octanol–water partition coefficient (Wildman–Crippen LogP) is 4.17. The van der Waals surface area contributed by atoms with E-state index in [0.29, 0.717) is 18.2 Å². The number of unbranched alkanes of at least 4 members (excludes halogenated alkanes) is 1. The van der Waals surface area contributed by atoms with Crippen LogP contribution in [0.4, 0.5) is 0 Å². The van der Waals surface area contributed by atoms with Crippen LogP contribution >= 0.6 is 0 Å². The monoisotopic (exact) mass is 452 g/mol. The third-order valence-electron chi connectivity index (χ3n) is 7.14. The average molecular weight is 453 g/mol. The highest BCUT2D eigenvalue weighted by molar-refractivity contribution is 5.94. The van der Waals surface area contributed by atoms with Crippen LogP contribution < -0.4 is 0 Å². The summed E-state index contributed by atoms with van der Waals surface area (Å²) in [4.78, 5) is 17.8. The Kier molecular flexibility index (Phi) is 8.57. The summed E-state index contributed by atoms with van der Waals surface area (Å²) >= 11 is 0. The van der Waals surface area contributed by atoms with Crippen LogP contribution in [0.5, 0.6) is 0 Å². The highest BCUT2D eigenvalue weighted by Crippen LogP contribution is 2.32. The van der Waals surface area contributed by atoms with Crippen molar-refractivity contribution in [2.75, 3.05) is 39.9 Å². The maximum absolute atomic E-state index is 13.4. The number of rotatable bonds is 10. The summed E-state index contributed by atoms with van der Waals surface area (Å²) in [6, 6.07) is 10.2. The molecule has 1 fully saturated rings. The summed E-state index contributed by atoms with van der Waals surface area (Å²) in [5.74, 6) is 0.713. The molecule has 2 aromatic rings. The highest BCUT2D eigenvalue weighted by Gasteiger charge is 2.30. The second-order valence-electron chi connectivity index (χ2n) is 9.70. The number of aryl methyl sites for hydroxylation is 1. The lowest BCUT2D eigenvalue weighted by atomic mass is 9.83. The fourth-order valence-electron chi connectivity index (χ4n) is 5.28. The van der Waals surface area contributed by atoms with E-state index in [1.807, 2.05) is 30.1 Å². The minimum absolute atomic E-state index is 0.0536. The van der Waals surface area contributed by atoms with Gasteiger partial charge in [-0.25, -0.2) is 0 Å². The van der Waals surface area contributed by atoms with E-state index in [-0.39, 0.29) is 5.91 Å². The third kappa shape index (κ3) is 6.24. The molecule has 1 saturated heterocycles. The van der Waals surface area contributed by atoms with Crippen LogP contribution in [-0.2, 0) is 30.7 Å². The highest BCUT2D eigenvalue weighted by atomic mass is 16.5. The molecular formula is C27H40N4O2. The van der Waals surface area contributed by atoms with Crippen LogP contribution in [0.3, 0.4) is 0 Å². The van der Waals surface area contributed by atoms with Gasteiger partial charge >= 0.3 is 0 Å². The third-order valence-corrected chi connectivity index (χ3v) is 7.14. The number of hydrogen-bond acceptors (Lipinski definition) is 4. The zero-order valence-corrected chi connectivity index (χ0v) is 20.5. The molecule has 180 valence electrons. The van der Waals surface area contributed by atoms with Crippen molar-refractivity contribution in [2.24, 2.45) is 5.92 Å². The van der Waals surface area contributed by atoms with Crippen molar-refractivity contribution in [3.8, 4) is 0 Å². The molecule has 1 atom stereocenters. The SMILES string of the molecule is CCCn1nc(C(=O)N(C)Cc2ccccc2)c2c1CCC(CCCCN1CCOCC1)C2. The topological polar surface area (TPSA) is 50.6 Å². The maximum atomic E-state index is 13.4. The number of carbonyl (C=O) groups is 1. The van der Waals surface area contributed by atoms with Crippen molar-refractivity contribution in [1.82, 2.24) is 19.6 Å². The van der Waals surface area contributed by atoms with Crippen molar-refractivity contribution >= 4 is 5.91 Å². The molecule has 2 aliphatic rings. The molecule has 6 nitrogen and oxygen atoms in total. The Morgan fingerprint density at radius 3 is 2.70 bits per heavy atom. The summed E-state index contributed by atoms with van der Waals surface area (Å²) in [7, 11) is 1.90. The number of benzene rings is 1. The lowest BCUT2D eigenvalue weighted by Gasteiger charge is -2.27. The van der Waals surface area contributed by atoms with Gasteiger partial charge in [0.25, 0.3) is 5.91 Å². The first-order chi connectivity index (χ1) is 16.2. The van der Waals surface area contributed by atoms with Crippen molar-refractivity contribution in [2.45, 2.75) is 65.0 Å². The Morgan fingerprint density at radius 1 is 1.15 bits per heavy atom. The Bertz CT molecular complexity index is 889. The molecule has 1 unspecified atom stereocenters. The van der Waals surface area contributed by atoms with E-state index in [9.17, 15) is 4.79 Å². The van der Waals surface area contributed by atoms with Gasteiger partial charge in [0.2, 0.25) is 0 Å². The number of fused-ring (bicyclic) bond motifs is 1. The first-order valence-electron chi connectivity index (χ1n) is 12.8. The van der Waals surface area contributed by atoms with Gasteiger partial charge in [-0.2, -0.15) is 5.10 Å². The molecule has 33 heavy (non-hydrogen) atoms. The maximum Gasteiger partial charge on any atom is 0.274 e. The Morgan fingerprint density at radius 2 is 1.94 bits per heavy atom. The number of morpholine rings is 1. The van der Waals surface area contributed by atoms with Gasteiger partial charge in [-0.15, -0.1) is 0 Å². The van der Waals surface area contributed by atoms with Gasteiger partial charge in [-0.3, -0.25) is 14.4 Å². The lowest BCUT2D eigenvalue weighted by molar-refractivity contribution is 0.0370. The number of ether oxygens (including phenoxy) is 1. The standard InChI is InChI=1S/C27H40N4O2/c1-3-14-31-25-13-12-22(9-7-8-15-30-16-18-33-19-17-30)20-24(25)26(28-31)27(32)29(2)21-23-10-5-4-6-11-23/h4-6,10-11,22H,3,7-9,12-21H2,1-2H3. The second-order valence-corrected chi connectivity index (χ2v) is 9.70. The summed E-state index contributed by atoms with van der Waals surface area (Å²) in [5, 5.41) is 4.84. The quantitative estimate of drug-likeness (QED) is 0.508. The lowest BCUT2D eigenvalue weighted by Crippen LogP contribution is -2.36. The molecule has 1 aromatic carbocycles. The smallest absolute Gasteiger partial charge is 0.274 e. The molecule has 4 rings (SSSR count). The molecule has 1 aliphatic carbocycles. The number of amides is 1. The number of aromatic nitrogens is 2. The normalized spacial score (nSPS) is 18.8. The molecule has 0 spiro atoms. The van der Waals surface area contributed by atoms with E-state index in [1.54, 1.807) is 0 Å². The largest absolute Gasteiger partial charge is 0.379 e. The molecule has 0 radical (unpaired) electrons.